The van der Waals surface area contributed by atoms with E-state index in [0.717, 1.165) is 12.8 Å². The third-order valence-corrected chi connectivity index (χ3v) is 3.20. The summed E-state index contributed by atoms with van der Waals surface area (Å²) >= 11 is 2.27. The van der Waals surface area contributed by atoms with Gasteiger partial charge in [0.25, 0.3) is 0 Å². The Morgan fingerprint density at radius 3 is 2.41 bits per heavy atom. The topological polar surface area (TPSA) is 0 Å². The summed E-state index contributed by atoms with van der Waals surface area (Å²) in [5.74, 6) is 0. The van der Waals surface area contributed by atoms with Crippen LogP contribution in [0.1, 0.15) is 17.5 Å². The Labute approximate surface area is 146 Å². The Morgan fingerprint density at radius 2 is 1.77 bits per heavy atom. The molecule has 0 saturated carbocycles. The van der Waals surface area contributed by atoms with E-state index in [9.17, 15) is 0 Å². The van der Waals surface area contributed by atoms with Gasteiger partial charge in [-0.25, -0.2) is 12.2 Å². The molecule has 0 N–H and O–H groups in total. The number of allylic oxidation sites excluding steroid dienone is 4. The maximum Gasteiger partial charge on any atom is -0.0253 e. The Bertz CT molecular complexity index is 641. The van der Waals surface area contributed by atoms with Gasteiger partial charge in [0, 0.05) is 0 Å². The summed E-state index contributed by atoms with van der Waals surface area (Å²) in [5, 5.41) is 0. The van der Waals surface area contributed by atoms with Crippen LogP contribution in [-0.2, 0) is 25.6 Å². The molecule has 0 spiro atoms. The van der Waals surface area contributed by atoms with E-state index in [4.69, 9.17) is 0 Å². The number of fused-ring (bicyclic) bond motifs is 3. The average molecular weight is 336 g/mol. The molecule has 0 fully saturated rings. The molecule has 2 aromatic carbocycles. The Kier molecular flexibility index (Phi) is 7.11. The van der Waals surface area contributed by atoms with Gasteiger partial charge in [0.1, 0.15) is 0 Å². The van der Waals surface area contributed by atoms with Crippen LogP contribution in [0.15, 0.2) is 60.7 Å². The zero-order valence-corrected chi connectivity index (χ0v) is 15.7. The van der Waals surface area contributed by atoms with E-state index in [0.29, 0.717) is 0 Å². The fourth-order valence-electron chi connectivity index (χ4n) is 2.34. The average Bonchev–Trinajstić information content (AvgIpc) is 3.18. The molecule has 0 unspecified atom stereocenters. The van der Waals surface area contributed by atoms with E-state index in [2.05, 4.69) is 86.9 Å². The zero-order chi connectivity index (χ0) is 15.8. The van der Waals surface area contributed by atoms with E-state index in [1.165, 1.54) is 22.3 Å². The molecule has 0 radical (unpaired) electrons. The first-order valence-electron chi connectivity index (χ1n) is 7.50. The SMILES string of the molecule is C[Si](C)=[Ti+2].[C-]1=CC=CC1.[c-]1cccc2c1Cc1ccccc1-2. The van der Waals surface area contributed by atoms with Crippen LogP contribution in [-0.4, -0.2) is 6.19 Å². The molecule has 0 heterocycles. The predicted molar refractivity (Wildman–Crippen MR) is 92.6 cm³/mol. The minimum absolute atomic E-state index is 0.120. The summed E-state index contributed by atoms with van der Waals surface area (Å²) < 4.78 is 0. The fraction of sp³-hybridized carbons (Fsp3) is 0.200. The number of rotatable bonds is 0. The predicted octanol–water partition coefficient (Wildman–Crippen LogP) is 5.15. The summed E-state index contributed by atoms with van der Waals surface area (Å²) in [6.45, 7) is 4.54. The Hall–Kier alpha value is -1.15. The normalized spacial score (nSPS) is 12.5. The van der Waals surface area contributed by atoms with E-state index < -0.39 is 0 Å². The summed E-state index contributed by atoms with van der Waals surface area (Å²) in [4.78, 5) is 0. The first kappa shape index (κ1) is 17.2. The van der Waals surface area contributed by atoms with Crippen molar-refractivity contribution in [3.63, 3.8) is 0 Å². The third-order valence-electron chi connectivity index (χ3n) is 3.20. The monoisotopic (exact) mass is 336 g/mol. The molecular weight excluding hydrogens is 316 g/mol. The molecule has 108 valence electrons. The first-order chi connectivity index (χ1) is 10.7. The van der Waals surface area contributed by atoms with Gasteiger partial charge in [-0.15, -0.1) is 12.0 Å². The fourth-order valence-corrected chi connectivity index (χ4v) is 2.34. The van der Waals surface area contributed by atoms with Crippen molar-refractivity contribution in [3.8, 4) is 11.1 Å². The maximum atomic E-state index is 3.30. The van der Waals surface area contributed by atoms with Crippen molar-refractivity contribution in [1.29, 1.82) is 0 Å². The van der Waals surface area contributed by atoms with Crippen LogP contribution in [0.3, 0.4) is 0 Å². The van der Waals surface area contributed by atoms with Gasteiger partial charge >= 0.3 is 38.5 Å². The summed E-state index contributed by atoms with van der Waals surface area (Å²) in [5.41, 5.74) is 5.51. The molecule has 2 aliphatic rings. The molecule has 0 saturated heterocycles. The van der Waals surface area contributed by atoms with Crippen LogP contribution in [0.25, 0.3) is 11.1 Å². The van der Waals surface area contributed by atoms with Crippen molar-refractivity contribution in [2.24, 2.45) is 0 Å². The Morgan fingerprint density at radius 1 is 1.05 bits per heavy atom. The van der Waals surface area contributed by atoms with Crippen molar-refractivity contribution in [2.75, 3.05) is 0 Å². The minimum atomic E-state index is 0.120. The second-order valence-electron chi connectivity index (χ2n) is 5.40. The molecule has 2 aliphatic carbocycles. The number of benzene rings is 2. The van der Waals surface area contributed by atoms with Gasteiger partial charge in [-0.1, -0.05) is 35.4 Å². The van der Waals surface area contributed by atoms with Gasteiger partial charge in [0.05, 0.1) is 0 Å². The molecule has 2 heteroatoms. The van der Waals surface area contributed by atoms with Gasteiger partial charge in [-0.05, 0) is 6.42 Å². The van der Waals surface area contributed by atoms with Crippen molar-refractivity contribution in [3.05, 3.63) is 84.0 Å². The summed E-state index contributed by atoms with van der Waals surface area (Å²) in [6, 6.07) is 18.1. The van der Waals surface area contributed by atoms with Crippen LogP contribution >= 0.6 is 0 Å². The smallest absolute Gasteiger partial charge is 0.0253 e. The van der Waals surface area contributed by atoms with Crippen LogP contribution in [0.4, 0.5) is 0 Å². The quantitative estimate of drug-likeness (QED) is 0.393. The number of hydrogen-bond acceptors (Lipinski definition) is 0. The second kappa shape index (κ2) is 9.09. The van der Waals surface area contributed by atoms with Crippen molar-refractivity contribution in [2.45, 2.75) is 25.9 Å². The van der Waals surface area contributed by atoms with Crippen molar-refractivity contribution < 1.29 is 19.2 Å². The standard InChI is InChI=1S/C13H9.C5H5.C2H6Si.Ti/c1-3-7-12-10(5-1)9-11-6-2-4-8-13(11)12;1-2-4-5-3-1;1-3-2;/h1-5,7-8H,9H2;1-3H,4H2;1-2H3;/q2*-1;;+2. The van der Waals surface area contributed by atoms with Gasteiger partial charge in [0.15, 0.2) is 0 Å². The van der Waals surface area contributed by atoms with E-state index in [-0.39, 0.29) is 6.19 Å². The molecule has 2 aromatic rings. The van der Waals surface area contributed by atoms with Gasteiger partial charge in [-0.3, -0.25) is 6.08 Å². The summed E-state index contributed by atoms with van der Waals surface area (Å²) in [7, 11) is 0. The molecule has 22 heavy (non-hydrogen) atoms. The molecule has 0 aliphatic heterocycles. The van der Waals surface area contributed by atoms with Crippen LogP contribution in [0, 0.1) is 12.1 Å². The third kappa shape index (κ3) is 5.24. The summed E-state index contributed by atoms with van der Waals surface area (Å²) in [6.07, 6.45) is 11.2. The van der Waals surface area contributed by atoms with E-state index in [1.54, 1.807) is 0 Å². The van der Waals surface area contributed by atoms with Crippen LogP contribution in [0.2, 0.25) is 13.1 Å². The van der Waals surface area contributed by atoms with E-state index in [1.807, 2.05) is 18.2 Å². The Balaban J connectivity index is 0.000000163. The molecule has 0 aromatic heterocycles. The maximum absolute atomic E-state index is 3.30. The number of hydrogen-bond donors (Lipinski definition) is 0. The largest absolute Gasteiger partial charge is 0.273 e. The van der Waals surface area contributed by atoms with Gasteiger partial charge in [0.2, 0.25) is 0 Å². The van der Waals surface area contributed by atoms with Crippen LogP contribution < -0.4 is 0 Å². The molecule has 0 nitrogen and oxygen atoms in total. The molecule has 0 amide bonds. The van der Waals surface area contributed by atoms with Crippen molar-refractivity contribution in [1.82, 2.24) is 0 Å². The molecular formula is C20H20SiTi. The second-order valence-corrected chi connectivity index (χ2v) is 12.1. The molecule has 4 rings (SSSR count). The molecule has 0 bridgehead atoms. The van der Waals surface area contributed by atoms with Gasteiger partial charge < -0.3 is 0 Å². The van der Waals surface area contributed by atoms with Crippen molar-refractivity contribution >= 4 is 6.19 Å². The minimum Gasteiger partial charge on any atom is -0.273 e. The van der Waals surface area contributed by atoms with Crippen LogP contribution in [0.5, 0.6) is 0 Å². The molecule has 0 atom stereocenters. The van der Waals surface area contributed by atoms with E-state index >= 15 is 0 Å². The zero-order valence-electron chi connectivity index (χ0n) is 13.2. The first-order valence-corrected chi connectivity index (χ1v) is 12.3. The van der Waals surface area contributed by atoms with Gasteiger partial charge in [-0.2, -0.15) is 35.9 Å².